The highest BCUT2D eigenvalue weighted by Crippen LogP contribution is 2.56. The minimum atomic E-state index is 0.543. The van der Waals surface area contributed by atoms with Crippen molar-refractivity contribution in [2.24, 2.45) is 11.3 Å². The second-order valence-corrected chi connectivity index (χ2v) is 7.92. The van der Waals surface area contributed by atoms with E-state index in [9.17, 15) is 0 Å². The lowest BCUT2D eigenvalue weighted by atomic mass is 9.68. The van der Waals surface area contributed by atoms with E-state index in [1.54, 1.807) is 5.57 Å². The Morgan fingerprint density at radius 1 is 1.33 bits per heavy atom. The van der Waals surface area contributed by atoms with Crippen LogP contribution in [0.25, 0.3) is 0 Å². The number of hydrogen-bond acceptors (Lipinski definition) is 2. The lowest BCUT2D eigenvalue weighted by Gasteiger charge is -2.39. The Balaban J connectivity index is 1.74. The number of piperidine rings is 1. The Morgan fingerprint density at radius 2 is 2.12 bits per heavy atom. The van der Waals surface area contributed by atoms with Gasteiger partial charge in [0.2, 0.25) is 0 Å². The molecular weight excluding hydrogens is 292 g/mol. The van der Waals surface area contributed by atoms with E-state index in [4.69, 9.17) is 0 Å². The van der Waals surface area contributed by atoms with Gasteiger partial charge in [-0.15, -0.1) is 0 Å². The number of nitrogens with zero attached hydrogens (tertiary/aromatic N) is 1. The lowest BCUT2D eigenvalue weighted by molar-refractivity contribution is 0.126. The topological polar surface area (TPSA) is 15.3 Å². The third kappa shape index (κ3) is 3.45. The average molecular weight is 327 g/mol. The first kappa shape index (κ1) is 17.7. The van der Waals surface area contributed by atoms with Crippen molar-refractivity contribution < 1.29 is 0 Å². The van der Waals surface area contributed by atoms with Crippen LogP contribution in [-0.2, 0) is 0 Å². The van der Waals surface area contributed by atoms with E-state index in [1.807, 2.05) is 0 Å². The van der Waals surface area contributed by atoms with Crippen molar-refractivity contribution in [1.82, 2.24) is 10.2 Å². The third-order valence-corrected chi connectivity index (χ3v) is 6.63. The van der Waals surface area contributed by atoms with Crippen molar-refractivity contribution in [3.8, 4) is 0 Å². The van der Waals surface area contributed by atoms with Crippen LogP contribution in [0.2, 0.25) is 0 Å². The summed E-state index contributed by atoms with van der Waals surface area (Å²) in [5, 5.41) is 3.57. The van der Waals surface area contributed by atoms with Crippen molar-refractivity contribution in [1.29, 1.82) is 0 Å². The second-order valence-electron chi connectivity index (χ2n) is 7.92. The third-order valence-electron chi connectivity index (χ3n) is 6.63. The monoisotopic (exact) mass is 326 g/mol. The molecule has 3 rings (SSSR count). The van der Waals surface area contributed by atoms with Crippen molar-refractivity contribution in [3.63, 3.8) is 0 Å². The second kappa shape index (κ2) is 7.84. The number of rotatable bonds is 5. The van der Waals surface area contributed by atoms with E-state index in [0.29, 0.717) is 17.5 Å². The molecule has 0 aromatic carbocycles. The summed E-state index contributed by atoms with van der Waals surface area (Å²) in [6.07, 6.45) is 22.3. The molecule has 1 unspecified atom stereocenters. The fourth-order valence-corrected chi connectivity index (χ4v) is 5.03. The van der Waals surface area contributed by atoms with E-state index >= 15 is 0 Å². The van der Waals surface area contributed by atoms with E-state index < -0.39 is 0 Å². The molecule has 24 heavy (non-hydrogen) atoms. The minimum absolute atomic E-state index is 0.543. The van der Waals surface area contributed by atoms with Crippen LogP contribution in [0.5, 0.6) is 0 Å². The van der Waals surface area contributed by atoms with Crippen LogP contribution >= 0.6 is 0 Å². The zero-order chi connectivity index (χ0) is 17.0. The molecule has 1 spiro atoms. The van der Waals surface area contributed by atoms with Gasteiger partial charge < -0.3 is 5.32 Å². The number of nitrogens with one attached hydrogen (secondary N) is 1. The van der Waals surface area contributed by atoms with Gasteiger partial charge in [-0.2, -0.15) is 0 Å². The molecule has 1 saturated carbocycles. The van der Waals surface area contributed by atoms with Gasteiger partial charge in [0, 0.05) is 12.1 Å². The quantitative estimate of drug-likeness (QED) is 0.750. The SMILES string of the molecule is C/C=C\C=C/C[C@H](C)N(C)[C@H]1CC2(CCNCC2)C2CC=CC=C21. The molecule has 2 fully saturated rings. The van der Waals surface area contributed by atoms with Gasteiger partial charge in [0.1, 0.15) is 0 Å². The number of allylic oxidation sites excluding steroid dienone is 6. The highest BCUT2D eigenvalue weighted by atomic mass is 15.2. The molecule has 0 aromatic heterocycles. The van der Waals surface area contributed by atoms with Crippen LogP contribution in [0.15, 0.2) is 48.1 Å². The Hall–Kier alpha value is -1.12. The number of likely N-dealkylation sites (N-methyl/N-ethyl adjacent to an activating group) is 1. The standard InChI is InChI=1S/C22H34N2/c1-4-5-6-7-10-18(2)24(3)21-17-22(13-15-23-16-14-22)20-12-9-8-11-19(20)21/h4-9,11,18,20-21,23H,10,12-17H2,1-3H3/b5-4-,7-6-/t18-,20?,21-/m0/s1. The van der Waals surface area contributed by atoms with Crippen molar-refractivity contribution in [2.45, 2.75) is 58.0 Å². The maximum absolute atomic E-state index is 3.57. The molecule has 3 aliphatic rings. The summed E-state index contributed by atoms with van der Waals surface area (Å²) >= 11 is 0. The first-order chi connectivity index (χ1) is 11.7. The molecular formula is C22H34N2. The predicted octanol–water partition coefficient (Wildman–Crippen LogP) is 4.47. The molecule has 2 aliphatic carbocycles. The summed E-state index contributed by atoms with van der Waals surface area (Å²) in [5.41, 5.74) is 2.26. The van der Waals surface area contributed by atoms with Crippen LogP contribution in [0.3, 0.4) is 0 Å². The molecule has 0 amide bonds. The van der Waals surface area contributed by atoms with Gasteiger partial charge in [0.05, 0.1) is 0 Å². The molecule has 1 saturated heterocycles. The summed E-state index contributed by atoms with van der Waals surface area (Å²) in [4.78, 5) is 2.65. The molecule has 132 valence electrons. The Labute approximate surface area is 148 Å². The van der Waals surface area contributed by atoms with Gasteiger partial charge in [0.25, 0.3) is 0 Å². The molecule has 0 radical (unpaired) electrons. The first-order valence-electron chi connectivity index (χ1n) is 9.75. The fourth-order valence-electron chi connectivity index (χ4n) is 5.03. The smallest absolute Gasteiger partial charge is 0.0319 e. The highest BCUT2D eigenvalue weighted by Gasteiger charge is 2.51. The predicted molar refractivity (Wildman–Crippen MR) is 104 cm³/mol. The maximum Gasteiger partial charge on any atom is 0.0319 e. The number of fused-ring (bicyclic) bond motifs is 2. The molecule has 2 nitrogen and oxygen atoms in total. The summed E-state index contributed by atoms with van der Waals surface area (Å²) in [5.74, 6) is 0.780. The van der Waals surface area contributed by atoms with Gasteiger partial charge in [0.15, 0.2) is 0 Å². The molecule has 1 heterocycles. The van der Waals surface area contributed by atoms with Crippen molar-refractivity contribution in [3.05, 3.63) is 48.1 Å². The first-order valence-corrected chi connectivity index (χ1v) is 9.75. The average Bonchev–Trinajstić information content (AvgIpc) is 2.93. The fraction of sp³-hybridized carbons (Fsp3) is 0.636. The van der Waals surface area contributed by atoms with Gasteiger partial charge in [-0.25, -0.2) is 0 Å². The van der Waals surface area contributed by atoms with Crippen LogP contribution < -0.4 is 5.32 Å². The Kier molecular flexibility index (Phi) is 5.78. The normalized spacial score (nSPS) is 30.4. The molecule has 0 aromatic rings. The number of hydrogen-bond donors (Lipinski definition) is 1. The molecule has 2 heteroatoms. The summed E-state index contributed by atoms with van der Waals surface area (Å²) in [6, 6.07) is 1.21. The van der Waals surface area contributed by atoms with Gasteiger partial charge >= 0.3 is 0 Å². The molecule has 1 N–H and O–H groups in total. The van der Waals surface area contributed by atoms with Crippen molar-refractivity contribution >= 4 is 0 Å². The summed E-state index contributed by atoms with van der Waals surface area (Å²) in [6.45, 7) is 6.85. The zero-order valence-electron chi connectivity index (χ0n) is 15.7. The van der Waals surface area contributed by atoms with Gasteiger partial charge in [-0.05, 0) is 83.0 Å². The van der Waals surface area contributed by atoms with Crippen LogP contribution in [0.4, 0.5) is 0 Å². The van der Waals surface area contributed by atoms with E-state index in [-0.39, 0.29) is 0 Å². The summed E-state index contributed by atoms with van der Waals surface area (Å²) < 4.78 is 0. The van der Waals surface area contributed by atoms with Gasteiger partial charge in [-0.3, -0.25) is 4.90 Å². The largest absolute Gasteiger partial charge is 0.317 e. The minimum Gasteiger partial charge on any atom is -0.317 e. The summed E-state index contributed by atoms with van der Waals surface area (Å²) in [7, 11) is 2.34. The van der Waals surface area contributed by atoms with E-state index in [0.717, 1.165) is 12.3 Å². The van der Waals surface area contributed by atoms with E-state index in [2.05, 4.69) is 73.6 Å². The zero-order valence-corrected chi connectivity index (χ0v) is 15.7. The maximum atomic E-state index is 3.57. The Morgan fingerprint density at radius 3 is 2.88 bits per heavy atom. The van der Waals surface area contributed by atoms with Crippen molar-refractivity contribution in [2.75, 3.05) is 20.1 Å². The Bertz CT molecular complexity index is 534. The van der Waals surface area contributed by atoms with Crippen LogP contribution in [0, 0.1) is 11.3 Å². The van der Waals surface area contributed by atoms with E-state index in [1.165, 1.54) is 38.8 Å². The van der Waals surface area contributed by atoms with Crippen LogP contribution in [-0.4, -0.2) is 37.1 Å². The highest BCUT2D eigenvalue weighted by molar-refractivity contribution is 5.33. The molecule has 0 bridgehead atoms. The molecule has 3 atom stereocenters. The lowest BCUT2D eigenvalue weighted by Crippen LogP contribution is -2.41. The van der Waals surface area contributed by atoms with Crippen LogP contribution in [0.1, 0.15) is 46.0 Å². The molecule has 1 aliphatic heterocycles. The van der Waals surface area contributed by atoms with Gasteiger partial charge in [-0.1, -0.05) is 42.5 Å².